The lowest BCUT2D eigenvalue weighted by Crippen LogP contribution is -2.11. The third-order valence-corrected chi connectivity index (χ3v) is 5.36. The predicted molar refractivity (Wildman–Crippen MR) is 112 cm³/mol. The van der Waals surface area contributed by atoms with Crippen LogP contribution in [0.4, 0.5) is 5.82 Å². The van der Waals surface area contributed by atoms with Crippen LogP contribution in [0.2, 0.25) is 0 Å². The highest BCUT2D eigenvalue weighted by Crippen LogP contribution is 2.42. The maximum Gasteiger partial charge on any atom is 0.356 e. The van der Waals surface area contributed by atoms with Crippen LogP contribution >= 0.6 is 0 Å². The van der Waals surface area contributed by atoms with Crippen molar-refractivity contribution in [2.45, 2.75) is 25.3 Å². The summed E-state index contributed by atoms with van der Waals surface area (Å²) < 4.78 is 2.17. The minimum absolute atomic E-state index is 0.0378. The molecule has 144 valence electrons. The van der Waals surface area contributed by atoms with Gasteiger partial charge in [-0.05, 0) is 36.6 Å². The highest BCUT2D eigenvalue weighted by molar-refractivity contribution is 5.95. The molecule has 3 N–H and O–H groups in total. The van der Waals surface area contributed by atoms with E-state index in [4.69, 9.17) is 5.73 Å². The van der Waals surface area contributed by atoms with Crippen molar-refractivity contribution in [1.82, 2.24) is 14.5 Å². The third-order valence-electron chi connectivity index (χ3n) is 5.36. The molecule has 5 rings (SSSR count). The lowest BCUT2D eigenvalue weighted by atomic mass is 10.1. The molecule has 0 radical (unpaired) electrons. The van der Waals surface area contributed by atoms with Gasteiger partial charge in [-0.3, -0.25) is 0 Å². The zero-order valence-corrected chi connectivity index (χ0v) is 15.7. The summed E-state index contributed by atoms with van der Waals surface area (Å²) in [6.07, 6.45) is 4.01. The molecule has 2 aromatic carbocycles. The van der Waals surface area contributed by atoms with E-state index < -0.39 is 5.97 Å². The number of carboxylic acid groups (broad SMARTS) is 1. The zero-order chi connectivity index (χ0) is 20.0. The Balaban J connectivity index is 1.56. The minimum atomic E-state index is -1.09. The Labute approximate surface area is 167 Å². The van der Waals surface area contributed by atoms with Gasteiger partial charge in [0.05, 0.1) is 5.69 Å². The number of hydrogen-bond acceptors (Lipinski definition) is 4. The molecule has 1 saturated carbocycles. The summed E-state index contributed by atoms with van der Waals surface area (Å²) in [4.78, 5) is 20.6. The first-order valence-corrected chi connectivity index (χ1v) is 9.64. The second-order valence-electron chi connectivity index (χ2n) is 7.47. The number of benzene rings is 2. The van der Waals surface area contributed by atoms with Gasteiger partial charge in [0.25, 0.3) is 0 Å². The Morgan fingerprint density at radius 1 is 1.10 bits per heavy atom. The van der Waals surface area contributed by atoms with Crippen molar-refractivity contribution in [3.8, 4) is 11.3 Å². The number of carboxylic acids is 1. The fourth-order valence-electron chi connectivity index (χ4n) is 3.73. The van der Waals surface area contributed by atoms with Gasteiger partial charge in [0.2, 0.25) is 0 Å². The average Bonchev–Trinajstić information content (AvgIpc) is 3.49. The van der Waals surface area contributed by atoms with E-state index in [-0.39, 0.29) is 11.6 Å². The van der Waals surface area contributed by atoms with Crippen LogP contribution in [0.3, 0.4) is 0 Å². The Bertz CT molecular complexity index is 1230. The molecule has 4 aromatic rings. The van der Waals surface area contributed by atoms with Gasteiger partial charge in [-0.2, -0.15) is 0 Å². The van der Waals surface area contributed by atoms with Gasteiger partial charge in [-0.25, -0.2) is 14.8 Å². The third kappa shape index (κ3) is 3.23. The molecule has 2 heterocycles. The number of fused-ring (bicyclic) bond motifs is 1. The fraction of sp³-hybridized carbons (Fsp3) is 0.174. The summed E-state index contributed by atoms with van der Waals surface area (Å²) in [6, 6.07) is 18.1. The van der Waals surface area contributed by atoms with Crippen LogP contribution in [0.1, 0.15) is 40.5 Å². The van der Waals surface area contributed by atoms with Gasteiger partial charge in [0.15, 0.2) is 5.69 Å². The number of carbonyl (C=O) groups is 1. The van der Waals surface area contributed by atoms with Gasteiger partial charge >= 0.3 is 5.97 Å². The maximum absolute atomic E-state index is 11.8. The number of hydrogen-bond donors (Lipinski definition) is 2. The number of nitrogen functional groups attached to an aromatic ring is 1. The summed E-state index contributed by atoms with van der Waals surface area (Å²) in [6.45, 7) is 0.771. The van der Waals surface area contributed by atoms with Crippen LogP contribution in [-0.4, -0.2) is 25.6 Å². The number of anilines is 1. The van der Waals surface area contributed by atoms with Gasteiger partial charge in [0, 0.05) is 35.1 Å². The molecule has 0 aliphatic heterocycles. The number of aromatic carboxylic acids is 1. The molecule has 0 spiro atoms. The highest BCUT2D eigenvalue weighted by atomic mass is 16.4. The Morgan fingerprint density at radius 3 is 2.62 bits per heavy atom. The molecular weight excluding hydrogens is 364 g/mol. The van der Waals surface area contributed by atoms with Crippen molar-refractivity contribution < 1.29 is 9.90 Å². The SMILES string of the molecule is Nc1nc(-c2ccc3c(ccn3Cc3ccccc3)c2)c(C(=O)O)nc1C1CC1. The Kier molecular flexibility index (Phi) is 4.05. The summed E-state index contributed by atoms with van der Waals surface area (Å²) in [5.41, 5.74) is 9.99. The van der Waals surface area contributed by atoms with E-state index >= 15 is 0 Å². The molecular formula is C23H20N4O2. The first kappa shape index (κ1) is 17.4. The summed E-state index contributed by atoms with van der Waals surface area (Å²) in [5, 5.41) is 10.7. The Morgan fingerprint density at radius 2 is 1.90 bits per heavy atom. The molecule has 6 nitrogen and oxygen atoms in total. The maximum atomic E-state index is 11.8. The van der Waals surface area contributed by atoms with Crippen LogP contribution in [0.25, 0.3) is 22.2 Å². The fourth-order valence-corrected chi connectivity index (χ4v) is 3.73. The molecule has 2 aromatic heterocycles. The van der Waals surface area contributed by atoms with E-state index in [1.165, 1.54) is 5.56 Å². The summed E-state index contributed by atoms with van der Waals surface area (Å²) in [7, 11) is 0. The van der Waals surface area contributed by atoms with Crippen molar-refractivity contribution in [3.63, 3.8) is 0 Å². The Hall–Kier alpha value is -3.67. The van der Waals surface area contributed by atoms with Gasteiger partial charge in [-0.15, -0.1) is 0 Å². The van der Waals surface area contributed by atoms with E-state index in [0.717, 1.165) is 30.3 Å². The predicted octanol–water partition coefficient (Wildman–Crippen LogP) is 4.30. The minimum Gasteiger partial charge on any atom is -0.476 e. The monoisotopic (exact) mass is 384 g/mol. The van der Waals surface area contributed by atoms with Crippen molar-refractivity contribution >= 4 is 22.7 Å². The van der Waals surface area contributed by atoms with Crippen LogP contribution in [0, 0.1) is 0 Å². The highest BCUT2D eigenvalue weighted by Gasteiger charge is 2.30. The van der Waals surface area contributed by atoms with Crippen LogP contribution in [0.15, 0.2) is 60.8 Å². The van der Waals surface area contributed by atoms with E-state index in [1.54, 1.807) is 0 Å². The van der Waals surface area contributed by atoms with Gasteiger partial charge in [0.1, 0.15) is 11.5 Å². The number of nitrogens with zero attached hydrogens (tertiary/aromatic N) is 3. The largest absolute Gasteiger partial charge is 0.476 e. The van der Waals surface area contributed by atoms with E-state index in [2.05, 4.69) is 26.7 Å². The lowest BCUT2D eigenvalue weighted by Gasteiger charge is -2.11. The smallest absolute Gasteiger partial charge is 0.356 e. The quantitative estimate of drug-likeness (QED) is 0.535. The molecule has 0 amide bonds. The summed E-state index contributed by atoms with van der Waals surface area (Å²) >= 11 is 0. The number of nitrogens with two attached hydrogens (primary N) is 1. The summed E-state index contributed by atoms with van der Waals surface area (Å²) in [5.74, 6) is -0.519. The zero-order valence-electron chi connectivity index (χ0n) is 15.7. The van der Waals surface area contributed by atoms with E-state index in [1.807, 2.05) is 48.7 Å². The standard InChI is InChI=1S/C23H20N4O2/c24-22-20(15-6-7-15)25-21(23(28)29)19(26-22)17-8-9-18-16(12-17)10-11-27(18)13-14-4-2-1-3-5-14/h1-5,8-12,15H,6-7,13H2,(H2,24,26)(H,28,29). The lowest BCUT2D eigenvalue weighted by molar-refractivity contribution is 0.0690. The molecule has 0 saturated heterocycles. The normalized spacial score (nSPS) is 13.7. The van der Waals surface area contributed by atoms with Crippen LogP contribution in [0.5, 0.6) is 0 Å². The van der Waals surface area contributed by atoms with Crippen LogP contribution in [-0.2, 0) is 6.54 Å². The van der Waals surface area contributed by atoms with Crippen molar-refractivity contribution in [3.05, 3.63) is 77.7 Å². The molecule has 0 unspecified atom stereocenters. The molecule has 1 aliphatic rings. The molecule has 1 fully saturated rings. The van der Waals surface area contributed by atoms with Crippen molar-refractivity contribution in [2.75, 3.05) is 5.73 Å². The van der Waals surface area contributed by atoms with E-state index in [9.17, 15) is 9.90 Å². The second kappa shape index (κ2) is 6.74. The van der Waals surface area contributed by atoms with E-state index in [0.29, 0.717) is 22.8 Å². The van der Waals surface area contributed by atoms with Crippen molar-refractivity contribution in [1.29, 1.82) is 0 Å². The van der Waals surface area contributed by atoms with Gasteiger partial charge in [-0.1, -0.05) is 36.4 Å². The number of rotatable bonds is 5. The molecule has 0 atom stereocenters. The molecule has 0 bridgehead atoms. The number of aromatic nitrogens is 3. The first-order chi connectivity index (χ1) is 14.1. The topological polar surface area (TPSA) is 94.0 Å². The molecule has 29 heavy (non-hydrogen) atoms. The van der Waals surface area contributed by atoms with Crippen LogP contribution < -0.4 is 5.73 Å². The molecule has 6 heteroatoms. The van der Waals surface area contributed by atoms with Crippen molar-refractivity contribution in [2.24, 2.45) is 0 Å². The average molecular weight is 384 g/mol. The second-order valence-corrected chi connectivity index (χ2v) is 7.47. The first-order valence-electron chi connectivity index (χ1n) is 9.64. The molecule has 1 aliphatic carbocycles. The van der Waals surface area contributed by atoms with Gasteiger partial charge < -0.3 is 15.4 Å².